The van der Waals surface area contributed by atoms with Crippen molar-refractivity contribution in [3.05, 3.63) is 41.1 Å². The third kappa shape index (κ3) is 5.51. The van der Waals surface area contributed by atoms with Crippen molar-refractivity contribution in [2.24, 2.45) is 7.05 Å². The third-order valence-corrected chi connectivity index (χ3v) is 5.10. The first-order valence-electron chi connectivity index (χ1n) is 10.3. The van der Waals surface area contributed by atoms with E-state index in [-0.39, 0.29) is 19.7 Å². The molecule has 0 aliphatic carbocycles. The molecule has 0 saturated carbocycles. The zero-order chi connectivity index (χ0) is 24.1. The fourth-order valence-electron chi connectivity index (χ4n) is 3.50. The molecule has 0 unspecified atom stereocenters. The van der Waals surface area contributed by atoms with Gasteiger partial charge >= 0.3 is 5.97 Å². The molecule has 0 fully saturated rings. The summed E-state index contributed by atoms with van der Waals surface area (Å²) in [6, 6.07) is 7.19. The van der Waals surface area contributed by atoms with Crippen LogP contribution >= 0.6 is 0 Å². The van der Waals surface area contributed by atoms with E-state index < -0.39 is 11.9 Å². The molecule has 1 aromatic carbocycles. The minimum Gasteiger partial charge on any atom is -0.497 e. The molecule has 10 nitrogen and oxygen atoms in total. The van der Waals surface area contributed by atoms with Gasteiger partial charge in [0.05, 0.1) is 26.7 Å². The van der Waals surface area contributed by atoms with Crippen LogP contribution < -0.4 is 14.2 Å². The maximum Gasteiger partial charge on any atom is 0.325 e. The number of nitrogens with zero attached hydrogens (tertiary/aromatic N) is 4. The van der Waals surface area contributed by atoms with Crippen LogP contribution in [0.4, 0.5) is 0 Å². The number of hydrogen-bond donors (Lipinski definition) is 0. The van der Waals surface area contributed by atoms with Gasteiger partial charge in [-0.25, -0.2) is 9.67 Å². The summed E-state index contributed by atoms with van der Waals surface area (Å²) in [5.41, 5.74) is 3.21. The highest BCUT2D eigenvalue weighted by atomic mass is 16.5. The van der Waals surface area contributed by atoms with E-state index in [2.05, 4.69) is 10.1 Å². The predicted molar refractivity (Wildman–Crippen MR) is 120 cm³/mol. The van der Waals surface area contributed by atoms with Gasteiger partial charge in [0.2, 0.25) is 5.88 Å². The molecule has 3 aromatic rings. The van der Waals surface area contributed by atoms with Crippen LogP contribution in [0.1, 0.15) is 16.8 Å². The maximum atomic E-state index is 13.0. The Kier molecular flexibility index (Phi) is 7.37. The Morgan fingerprint density at radius 3 is 2.30 bits per heavy atom. The highest BCUT2D eigenvalue weighted by Gasteiger charge is 2.21. The Morgan fingerprint density at radius 1 is 1.03 bits per heavy atom. The van der Waals surface area contributed by atoms with E-state index in [4.69, 9.17) is 18.9 Å². The van der Waals surface area contributed by atoms with Gasteiger partial charge in [-0.2, -0.15) is 0 Å². The summed E-state index contributed by atoms with van der Waals surface area (Å²) in [5, 5.41) is 5.11. The number of fused-ring (bicyclic) bond motifs is 1. The van der Waals surface area contributed by atoms with Gasteiger partial charge in [0.25, 0.3) is 5.91 Å². The van der Waals surface area contributed by atoms with Gasteiger partial charge in [-0.15, -0.1) is 5.10 Å². The molecule has 33 heavy (non-hydrogen) atoms. The number of amides is 1. The van der Waals surface area contributed by atoms with E-state index >= 15 is 0 Å². The number of ether oxygens (including phenoxy) is 4. The Labute approximate surface area is 192 Å². The SMILES string of the molecule is COC(=O)CN(Cc1cc(OC)cc(OC)c1)C(=O)COc1nn(C)c2nc(C)cc(C)c12. The summed E-state index contributed by atoms with van der Waals surface area (Å²) in [5.74, 6) is 0.510. The van der Waals surface area contributed by atoms with Crippen molar-refractivity contribution >= 4 is 22.9 Å². The van der Waals surface area contributed by atoms with Crippen LogP contribution in [0.25, 0.3) is 11.0 Å². The lowest BCUT2D eigenvalue weighted by Gasteiger charge is -2.22. The molecule has 0 aliphatic rings. The zero-order valence-electron chi connectivity index (χ0n) is 19.7. The molecular weight excluding hydrogens is 428 g/mol. The number of benzene rings is 1. The summed E-state index contributed by atoms with van der Waals surface area (Å²) >= 11 is 0. The number of carbonyl (C=O) groups is 2. The van der Waals surface area contributed by atoms with Crippen molar-refractivity contribution in [2.75, 3.05) is 34.5 Å². The third-order valence-electron chi connectivity index (χ3n) is 5.10. The van der Waals surface area contributed by atoms with Crippen molar-refractivity contribution in [1.29, 1.82) is 0 Å². The quantitative estimate of drug-likeness (QED) is 0.451. The molecule has 0 spiro atoms. The van der Waals surface area contributed by atoms with Crippen LogP contribution in [-0.4, -0.2) is 66.0 Å². The van der Waals surface area contributed by atoms with Crippen LogP contribution in [0.5, 0.6) is 17.4 Å². The number of pyridine rings is 1. The molecule has 0 atom stereocenters. The van der Waals surface area contributed by atoms with E-state index in [1.54, 1.807) is 44.1 Å². The Balaban J connectivity index is 1.82. The smallest absolute Gasteiger partial charge is 0.325 e. The van der Waals surface area contributed by atoms with Crippen molar-refractivity contribution in [2.45, 2.75) is 20.4 Å². The fraction of sp³-hybridized carbons (Fsp3) is 0.391. The van der Waals surface area contributed by atoms with Crippen molar-refractivity contribution in [3.63, 3.8) is 0 Å². The molecule has 0 bridgehead atoms. The molecule has 0 N–H and O–H groups in total. The largest absolute Gasteiger partial charge is 0.497 e. The second kappa shape index (κ2) is 10.2. The lowest BCUT2D eigenvalue weighted by Crippen LogP contribution is -2.38. The molecule has 3 rings (SSSR count). The number of carbonyl (C=O) groups excluding carboxylic acids is 2. The van der Waals surface area contributed by atoms with E-state index in [9.17, 15) is 9.59 Å². The van der Waals surface area contributed by atoms with Gasteiger partial charge in [0, 0.05) is 25.4 Å². The van der Waals surface area contributed by atoms with E-state index in [1.807, 2.05) is 19.9 Å². The van der Waals surface area contributed by atoms with Gasteiger partial charge in [-0.3, -0.25) is 9.59 Å². The first-order valence-corrected chi connectivity index (χ1v) is 10.3. The molecule has 1 amide bonds. The number of rotatable bonds is 9. The van der Waals surface area contributed by atoms with Gasteiger partial charge < -0.3 is 23.8 Å². The highest BCUT2D eigenvalue weighted by molar-refractivity contribution is 5.86. The summed E-state index contributed by atoms with van der Waals surface area (Å²) < 4.78 is 22.7. The van der Waals surface area contributed by atoms with Crippen molar-refractivity contribution in [1.82, 2.24) is 19.7 Å². The Hall–Kier alpha value is -3.82. The maximum absolute atomic E-state index is 13.0. The standard InChI is InChI=1S/C23H28N4O6/c1-14-7-15(2)24-22-21(14)23(25-26(22)3)33-13-19(28)27(12-20(29)32-6)11-16-8-17(30-4)10-18(9-16)31-5/h7-10H,11-13H2,1-6H3. The number of hydrogen-bond acceptors (Lipinski definition) is 8. The second-order valence-corrected chi connectivity index (χ2v) is 7.54. The number of methoxy groups -OCH3 is 3. The lowest BCUT2D eigenvalue weighted by atomic mass is 10.2. The fourth-order valence-corrected chi connectivity index (χ4v) is 3.50. The van der Waals surface area contributed by atoms with Crippen LogP contribution in [-0.2, 0) is 27.9 Å². The van der Waals surface area contributed by atoms with Gasteiger partial charge in [-0.1, -0.05) is 0 Å². The highest BCUT2D eigenvalue weighted by Crippen LogP contribution is 2.27. The zero-order valence-corrected chi connectivity index (χ0v) is 19.7. The molecular formula is C23H28N4O6. The Bertz CT molecular complexity index is 1150. The molecule has 176 valence electrons. The van der Waals surface area contributed by atoms with Gasteiger partial charge in [0.1, 0.15) is 18.0 Å². The monoisotopic (exact) mass is 456 g/mol. The minimum atomic E-state index is -0.544. The molecule has 10 heteroatoms. The topological polar surface area (TPSA) is 105 Å². The average molecular weight is 456 g/mol. The Morgan fingerprint density at radius 2 is 1.70 bits per heavy atom. The van der Waals surface area contributed by atoms with Crippen molar-refractivity contribution in [3.8, 4) is 17.4 Å². The molecule has 0 saturated heterocycles. The number of aryl methyl sites for hydroxylation is 3. The van der Waals surface area contributed by atoms with Crippen LogP contribution in [0, 0.1) is 13.8 Å². The normalized spacial score (nSPS) is 10.7. The minimum absolute atomic E-state index is 0.133. The number of esters is 1. The van der Waals surface area contributed by atoms with Crippen LogP contribution in [0.15, 0.2) is 24.3 Å². The van der Waals surface area contributed by atoms with E-state index in [0.29, 0.717) is 23.0 Å². The summed E-state index contributed by atoms with van der Waals surface area (Å²) in [4.78, 5) is 30.9. The lowest BCUT2D eigenvalue weighted by molar-refractivity contribution is -0.148. The summed E-state index contributed by atoms with van der Waals surface area (Å²) in [6.07, 6.45) is 0. The molecule has 2 heterocycles. The van der Waals surface area contributed by atoms with Gasteiger partial charge in [-0.05, 0) is 43.2 Å². The molecule has 0 radical (unpaired) electrons. The van der Waals surface area contributed by atoms with Crippen LogP contribution in [0.3, 0.4) is 0 Å². The van der Waals surface area contributed by atoms with Gasteiger partial charge in [0.15, 0.2) is 12.3 Å². The van der Waals surface area contributed by atoms with Crippen molar-refractivity contribution < 1.29 is 28.5 Å². The summed E-state index contributed by atoms with van der Waals surface area (Å²) in [7, 11) is 6.12. The molecule has 0 aliphatic heterocycles. The van der Waals surface area contributed by atoms with Crippen LogP contribution in [0.2, 0.25) is 0 Å². The first kappa shape index (κ1) is 23.8. The number of aromatic nitrogens is 3. The molecule has 2 aromatic heterocycles. The van der Waals surface area contributed by atoms with E-state index in [0.717, 1.165) is 22.2 Å². The summed E-state index contributed by atoms with van der Waals surface area (Å²) in [6.45, 7) is 3.43. The second-order valence-electron chi connectivity index (χ2n) is 7.54. The van der Waals surface area contributed by atoms with E-state index in [1.165, 1.54) is 12.0 Å². The first-order chi connectivity index (χ1) is 15.7. The average Bonchev–Trinajstić information content (AvgIpc) is 3.11. The predicted octanol–water partition coefficient (Wildman–Crippen LogP) is 2.18.